The molecule has 0 unspecified atom stereocenters. The Balaban J connectivity index is 3.19. The molecule has 1 atom stereocenters. The predicted molar refractivity (Wildman–Crippen MR) is 55.2 cm³/mol. The molecule has 0 bridgehead atoms. The van der Waals surface area contributed by atoms with Crippen molar-refractivity contribution in [3.05, 3.63) is 29.8 Å². The molecular weight excluding hydrogens is 272 g/mol. The summed E-state index contributed by atoms with van der Waals surface area (Å²) in [6, 6.07) is 0.511. The van der Waals surface area contributed by atoms with Crippen LogP contribution in [0.5, 0.6) is 0 Å². The molecule has 0 saturated carbocycles. The molecule has 3 N–H and O–H groups in total. The van der Waals surface area contributed by atoms with Crippen molar-refractivity contribution in [1.29, 1.82) is 0 Å². The number of carboxylic acid groups (broad SMARTS) is 1. The summed E-state index contributed by atoms with van der Waals surface area (Å²) in [6.07, 6.45) is 0. The van der Waals surface area contributed by atoms with Crippen molar-refractivity contribution >= 4 is 16.0 Å². The molecule has 0 radical (unpaired) electrons. The summed E-state index contributed by atoms with van der Waals surface area (Å²) < 4.78 is 51.1. The minimum absolute atomic E-state index is 0.715. The van der Waals surface area contributed by atoms with Gasteiger partial charge in [0.15, 0.2) is 4.90 Å². The number of rotatable bonds is 5. The van der Waals surface area contributed by atoms with Gasteiger partial charge in [-0.1, -0.05) is 6.07 Å². The number of hydrogen-bond donors (Lipinski definition) is 3. The first-order valence-corrected chi connectivity index (χ1v) is 6.08. The third kappa shape index (κ3) is 3.00. The van der Waals surface area contributed by atoms with E-state index in [1.807, 2.05) is 0 Å². The van der Waals surface area contributed by atoms with E-state index in [4.69, 9.17) is 10.2 Å². The molecule has 0 aliphatic heterocycles. The summed E-state index contributed by atoms with van der Waals surface area (Å²) in [6.45, 7) is -1.05. The lowest BCUT2D eigenvalue weighted by Crippen LogP contribution is -2.43. The second-order valence-electron chi connectivity index (χ2n) is 3.25. The van der Waals surface area contributed by atoms with Crippen molar-refractivity contribution in [1.82, 2.24) is 4.72 Å². The third-order valence-electron chi connectivity index (χ3n) is 1.97. The van der Waals surface area contributed by atoms with Gasteiger partial charge in [-0.2, -0.15) is 4.72 Å². The number of aliphatic carboxylic acids is 1. The fourth-order valence-corrected chi connectivity index (χ4v) is 2.47. The summed E-state index contributed by atoms with van der Waals surface area (Å²) >= 11 is 0. The molecule has 1 aromatic carbocycles. The molecule has 0 saturated heterocycles. The lowest BCUT2D eigenvalue weighted by atomic mass is 10.3. The van der Waals surface area contributed by atoms with Crippen molar-refractivity contribution in [2.75, 3.05) is 6.61 Å². The summed E-state index contributed by atoms with van der Waals surface area (Å²) in [4.78, 5) is 9.25. The van der Waals surface area contributed by atoms with E-state index in [-0.39, 0.29) is 0 Å². The summed E-state index contributed by atoms with van der Waals surface area (Å²) in [5, 5.41) is 17.2. The van der Waals surface area contributed by atoms with Crippen LogP contribution in [0.15, 0.2) is 23.1 Å². The van der Waals surface area contributed by atoms with E-state index in [2.05, 4.69) is 0 Å². The Bertz CT molecular complexity index is 540. The summed E-state index contributed by atoms with van der Waals surface area (Å²) in [5.41, 5.74) is 0. The Morgan fingerprint density at radius 3 is 2.22 bits per heavy atom. The van der Waals surface area contributed by atoms with Crippen LogP contribution in [-0.2, 0) is 14.8 Å². The average Bonchev–Trinajstić information content (AvgIpc) is 2.25. The zero-order valence-corrected chi connectivity index (χ0v) is 9.62. The second kappa shape index (κ2) is 5.38. The number of aliphatic hydroxyl groups excluding tert-OH is 1. The Kier molecular flexibility index (Phi) is 4.33. The van der Waals surface area contributed by atoms with Gasteiger partial charge in [-0.15, -0.1) is 0 Å². The fourth-order valence-electron chi connectivity index (χ4n) is 1.15. The van der Waals surface area contributed by atoms with E-state index in [0.29, 0.717) is 12.1 Å². The quantitative estimate of drug-likeness (QED) is 0.686. The van der Waals surface area contributed by atoms with Crippen LogP contribution in [0.1, 0.15) is 0 Å². The molecule has 0 aliphatic rings. The molecular formula is C9H9F2NO5S. The smallest absolute Gasteiger partial charge is 0.324 e. The first kappa shape index (κ1) is 14.5. The van der Waals surface area contributed by atoms with Gasteiger partial charge >= 0.3 is 5.97 Å². The van der Waals surface area contributed by atoms with Crippen LogP contribution in [0, 0.1) is 11.6 Å². The largest absolute Gasteiger partial charge is 0.480 e. The van der Waals surface area contributed by atoms with Crippen LogP contribution < -0.4 is 4.72 Å². The standard InChI is InChI=1S/C9H9F2NO5S/c10-5-2-1-3-6(11)8(5)18(16,17)12-7(4-13)9(14)15/h1-3,7,12-13H,4H2,(H,14,15)/t7-/m0/s1. The van der Waals surface area contributed by atoms with Gasteiger partial charge in [0.05, 0.1) is 6.61 Å². The Labute approximate surface area is 101 Å². The summed E-state index contributed by atoms with van der Waals surface area (Å²) in [7, 11) is -4.72. The SMILES string of the molecule is O=C(O)[C@H](CO)NS(=O)(=O)c1c(F)cccc1F. The van der Waals surface area contributed by atoms with Gasteiger partial charge in [0.25, 0.3) is 0 Å². The zero-order chi connectivity index (χ0) is 13.9. The molecule has 0 heterocycles. The number of carbonyl (C=O) groups is 1. The van der Waals surface area contributed by atoms with Crippen LogP contribution >= 0.6 is 0 Å². The van der Waals surface area contributed by atoms with Crippen molar-refractivity contribution < 1.29 is 32.2 Å². The van der Waals surface area contributed by atoms with E-state index < -0.39 is 45.2 Å². The highest BCUT2D eigenvalue weighted by Crippen LogP contribution is 2.18. The molecule has 1 aromatic rings. The highest BCUT2D eigenvalue weighted by molar-refractivity contribution is 7.89. The third-order valence-corrected chi connectivity index (χ3v) is 3.49. The van der Waals surface area contributed by atoms with Gasteiger partial charge in [-0.05, 0) is 12.1 Å². The van der Waals surface area contributed by atoms with Gasteiger partial charge in [-0.3, -0.25) is 4.79 Å². The molecule has 1 rings (SSSR count). The van der Waals surface area contributed by atoms with Crippen molar-refractivity contribution in [3.8, 4) is 0 Å². The maximum Gasteiger partial charge on any atom is 0.324 e. The lowest BCUT2D eigenvalue weighted by molar-refractivity contribution is -0.139. The fraction of sp³-hybridized carbons (Fsp3) is 0.222. The first-order chi connectivity index (χ1) is 8.29. The van der Waals surface area contributed by atoms with Crippen LogP contribution in [0.25, 0.3) is 0 Å². The van der Waals surface area contributed by atoms with Crippen LogP contribution in [0.4, 0.5) is 8.78 Å². The monoisotopic (exact) mass is 281 g/mol. The first-order valence-electron chi connectivity index (χ1n) is 4.59. The maximum atomic E-state index is 13.2. The van der Waals surface area contributed by atoms with Crippen molar-refractivity contribution in [2.24, 2.45) is 0 Å². The number of hydrogen-bond acceptors (Lipinski definition) is 4. The summed E-state index contributed by atoms with van der Waals surface area (Å²) in [5.74, 6) is -4.38. The van der Waals surface area contributed by atoms with Crippen molar-refractivity contribution in [3.63, 3.8) is 0 Å². The molecule has 100 valence electrons. The highest BCUT2D eigenvalue weighted by Gasteiger charge is 2.29. The number of benzene rings is 1. The maximum absolute atomic E-state index is 13.2. The Morgan fingerprint density at radius 1 is 1.33 bits per heavy atom. The second-order valence-corrected chi connectivity index (χ2v) is 4.90. The van der Waals surface area contributed by atoms with E-state index in [0.717, 1.165) is 6.07 Å². The highest BCUT2D eigenvalue weighted by atomic mass is 32.2. The molecule has 0 aliphatic carbocycles. The number of sulfonamides is 1. The lowest BCUT2D eigenvalue weighted by Gasteiger charge is -2.13. The van der Waals surface area contributed by atoms with Gasteiger partial charge in [0.1, 0.15) is 17.7 Å². The molecule has 6 nitrogen and oxygen atoms in total. The van der Waals surface area contributed by atoms with Gasteiger partial charge < -0.3 is 10.2 Å². The average molecular weight is 281 g/mol. The van der Waals surface area contributed by atoms with E-state index in [9.17, 15) is 22.0 Å². The molecule has 0 spiro atoms. The Hall–Kier alpha value is -1.58. The zero-order valence-electron chi connectivity index (χ0n) is 8.80. The van der Waals surface area contributed by atoms with E-state index in [1.165, 1.54) is 4.72 Å². The number of nitrogens with one attached hydrogen (secondary N) is 1. The van der Waals surface area contributed by atoms with Gasteiger partial charge in [-0.25, -0.2) is 17.2 Å². The van der Waals surface area contributed by atoms with Crippen LogP contribution in [0.3, 0.4) is 0 Å². The predicted octanol–water partition coefficient (Wildman–Crippen LogP) is -0.311. The van der Waals surface area contributed by atoms with E-state index >= 15 is 0 Å². The molecule has 9 heteroatoms. The molecule has 0 amide bonds. The number of halogens is 2. The normalized spacial score (nSPS) is 13.3. The van der Waals surface area contributed by atoms with Crippen LogP contribution in [-0.4, -0.2) is 37.2 Å². The minimum atomic E-state index is -4.72. The van der Waals surface area contributed by atoms with E-state index in [1.54, 1.807) is 0 Å². The van der Waals surface area contributed by atoms with Crippen molar-refractivity contribution in [2.45, 2.75) is 10.9 Å². The topological polar surface area (TPSA) is 104 Å². The molecule has 18 heavy (non-hydrogen) atoms. The van der Waals surface area contributed by atoms with Gasteiger partial charge in [0, 0.05) is 0 Å². The Morgan fingerprint density at radius 2 is 1.83 bits per heavy atom. The molecule has 0 fully saturated rings. The van der Waals surface area contributed by atoms with Gasteiger partial charge in [0.2, 0.25) is 10.0 Å². The van der Waals surface area contributed by atoms with Crippen LogP contribution in [0.2, 0.25) is 0 Å². The number of aliphatic hydroxyl groups is 1. The minimum Gasteiger partial charge on any atom is -0.480 e. The number of carboxylic acids is 1. The molecule has 0 aromatic heterocycles.